The number of hydrogen-bond donors (Lipinski definition) is 1. The number of rotatable bonds is 6. The minimum Gasteiger partial charge on any atom is -0.310 e. The van der Waals surface area contributed by atoms with Crippen LogP contribution in [0.4, 0.5) is 5.82 Å². The summed E-state index contributed by atoms with van der Waals surface area (Å²) in [6, 6.07) is 1.80. The van der Waals surface area contributed by atoms with Gasteiger partial charge >= 0.3 is 0 Å². The maximum atomic E-state index is 11.9. The van der Waals surface area contributed by atoms with Crippen LogP contribution in [0.25, 0.3) is 0 Å². The Morgan fingerprint density at radius 3 is 2.45 bits per heavy atom. The van der Waals surface area contributed by atoms with Crippen molar-refractivity contribution in [3.8, 4) is 0 Å². The first-order chi connectivity index (χ1) is 9.12. The highest BCUT2D eigenvalue weighted by Gasteiger charge is 2.24. The molecule has 0 spiro atoms. The van der Waals surface area contributed by atoms with Gasteiger partial charge in [0.1, 0.15) is 11.1 Å². The average Bonchev–Trinajstić information content (AvgIpc) is 2.73. The maximum Gasteiger partial charge on any atom is 0.243 e. The van der Waals surface area contributed by atoms with Gasteiger partial charge in [0, 0.05) is 12.3 Å². The van der Waals surface area contributed by atoms with Gasteiger partial charge in [0.2, 0.25) is 5.91 Å². The molecule has 0 aliphatic heterocycles. The summed E-state index contributed by atoms with van der Waals surface area (Å²) in [4.78, 5) is 11.9. The lowest BCUT2D eigenvalue weighted by Crippen LogP contribution is -2.32. The molecule has 0 aliphatic carbocycles. The van der Waals surface area contributed by atoms with Crippen LogP contribution in [0.15, 0.2) is 12.3 Å². The lowest BCUT2D eigenvalue weighted by Gasteiger charge is -2.18. The van der Waals surface area contributed by atoms with Gasteiger partial charge < -0.3 is 5.32 Å². The zero-order valence-electron chi connectivity index (χ0n) is 12.6. The van der Waals surface area contributed by atoms with Crippen molar-refractivity contribution in [2.24, 2.45) is 5.92 Å². The Balaban J connectivity index is 2.85. The molecule has 0 saturated heterocycles. The zero-order valence-corrected chi connectivity index (χ0v) is 13.4. The molecule has 0 unspecified atom stereocenters. The molecule has 0 aromatic carbocycles. The molecular formula is C13H23N3O3S. The molecule has 1 heterocycles. The number of anilines is 1. The number of aromatic nitrogens is 2. The summed E-state index contributed by atoms with van der Waals surface area (Å²) in [5.41, 5.74) is 0. The van der Waals surface area contributed by atoms with Crippen LogP contribution in [-0.4, -0.2) is 35.6 Å². The fourth-order valence-electron chi connectivity index (χ4n) is 1.97. The van der Waals surface area contributed by atoms with Crippen LogP contribution in [0, 0.1) is 5.92 Å². The Kier molecular flexibility index (Phi) is 5.33. The molecule has 0 aliphatic rings. The second kappa shape index (κ2) is 6.39. The van der Waals surface area contributed by atoms with Gasteiger partial charge in [0.25, 0.3) is 0 Å². The van der Waals surface area contributed by atoms with Crippen molar-refractivity contribution >= 4 is 21.6 Å². The average molecular weight is 301 g/mol. The van der Waals surface area contributed by atoms with Crippen LogP contribution in [0.1, 0.15) is 40.2 Å². The van der Waals surface area contributed by atoms with Crippen molar-refractivity contribution in [1.29, 1.82) is 0 Å². The predicted molar refractivity (Wildman–Crippen MR) is 79.3 cm³/mol. The molecule has 114 valence electrons. The largest absolute Gasteiger partial charge is 0.310 e. The molecule has 1 rings (SSSR count). The van der Waals surface area contributed by atoms with E-state index in [1.807, 2.05) is 6.92 Å². The van der Waals surface area contributed by atoms with Crippen molar-refractivity contribution in [2.75, 3.05) is 11.6 Å². The number of nitrogens with zero attached hydrogens (tertiary/aromatic N) is 2. The Morgan fingerprint density at radius 2 is 1.95 bits per heavy atom. The number of carbonyl (C=O) groups is 1. The van der Waals surface area contributed by atoms with E-state index in [4.69, 9.17) is 0 Å². The number of amides is 1. The van der Waals surface area contributed by atoms with E-state index in [9.17, 15) is 13.2 Å². The summed E-state index contributed by atoms with van der Waals surface area (Å²) < 4.78 is 24.5. The first-order valence-corrected chi connectivity index (χ1v) is 8.61. The van der Waals surface area contributed by atoms with E-state index >= 15 is 0 Å². The molecule has 2 atom stereocenters. The Labute approximate surface area is 120 Å². The van der Waals surface area contributed by atoms with Crippen LogP contribution in [0.5, 0.6) is 0 Å². The minimum absolute atomic E-state index is 0.133. The molecular weight excluding hydrogens is 278 g/mol. The maximum absolute atomic E-state index is 11.9. The molecule has 0 radical (unpaired) electrons. The molecule has 0 saturated carbocycles. The summed E-state index contributed by atoms with van der Waals surface area (Å²) in [5.74, 6) is 0.498. The third-order valence-electron chi connectivity index (χ3n) is 3.16. The van der Waals surface area contributed by atoms with Gasteiger partial charge in [-0.15, -0.1) is 0 Å². The SMILES string of the molecule is CC(C)C[C@@H](C)n1nccc1NC(=O)[C@H](C)S(C)(=O)=O. The molecule has 1 N–H and O–H groups in total. The topological polar surface area (TPSA) is 81.1 Å². The lowest BCUT2D eigenvalue weighted by atomic mass is 10.1. The smallest absolute Gasteiger partial charge is 0.243 e. The van der Waals surface area contributed by atoms with Gasteiger partial charge in [-0.1, -0.05) is 13.8 Å². The van der Waals surface area contributed by atoms with Crippen LogP contribution in [-0.2, 0) is 14.6 Å². The first kappa shape index (κ1) is 16.7. The molecule has 1 aromatic heterocycles. The number of carbonyl (C=O) groups excluding carboxylic acids is 1. The Morgan fingerprint density at radius 1 is 1.35 bits per heavy atom. The lowest BCUT2D eigenvalue weighted by molar-refractivity contribution is -0.115. The molecule has 7 heteroatoms. The predicted octanol–water partition coefficient (Wildman–Crippen LogP) is 1.86. The highest BCUT2D eigenvalue weighted by atomic mass is 32.2. The summed E-state index contributed by atoms with van der Waals surface area (Å²) in [6.45, 7) is 7.62. The standard InChI is InChI=1S/C13H23N3O3S/c1-9(2)8-10(3)16-12(6-7-14-16)15-13(17)11(4)20(5,18)19/h6-7,9-11H,8H2,1-5H3,(H,15,17)/t10-,11+/m1/s1. The summed E-state index contributed by atoms with van der Waals surface area (Å²) in [5, 5.41) is 5.75. The molecule has 6 nitrogen and oxygen atoms in total. The molecule has 0 bridgehead atoms. The fraction of sp³-hybridized carbons (Fsp3) is 0.692. The van der Waals surface area contributed by atoms with E-state index in [1.54, 1.807) is 16.9 Å². The second-order valence-corrected chi connectivity index (χ2v) is 7.97. The van der Waals surface area contributed by atoms with Gasteiger partial charge in [0.15, 0.2) is 9.84 Å². The van der Waals surface area contributed by atoms with Crippen LogP contribution < -0.4 is 5.32 Å². The van der Waals surface area contributed by atoms with Gasteiger partial charge in [-0.25, -0.2) is 13.1 Å². The van der Waals surface area contributed by atoms with Crippen molar-refractivity contribution in [1.82, 2.24) is 9.78 Å². The van der Waals surface area contributed by atoms with E-state index in [2.05, 4.69) is 24.3 Å². The molecule has 0 fully saturated rings. The third kappa shape index (κ3) is 4.33. The second-order valence-electron chi connectivity index (χ2n) is 5.60. The molecule has 1 aromatic rings. The van der Waals surface area contributed by atoms with Crippen molar-refractivity contribution in [2.45, 2.75) is 45.4 Å². The van der Waals surface area contributed by atoms with Crippen LogP contribution >= 0.6 is 0 Å². The number of nitrogens with one attached hydrogen (secondary N) is 1. The highest BCUT2D eigenvalue weighted by Crippen LogP contribution is 2.21. The Hall–Kier alpha value is -1.37. The van der Waals surface area contributed by atoms with Crippen molar-refractivity contribution < 1.29 is 13.2 Å². The third-order valence-corrected chi connectivity index (χ3v) is 4.66. The van der Waals surface area contributed by atoms with Crippen LogP contribution in [0.3, 0.4) is 0 Å². The summed E-state index contributed by atoms with van der Waals surface area (Å²) >= 11 is 0. The normalized spacial score (nSPS) is 15.1. The molecule has 1 amide bonds. The minimum atomic E-state index is -3.40. The van der Waals surface area contributed by atoms with Gasteiger partial charge in [-0.05, 0) is 26.2 Å². The van der Waals surface area contributed by atoms with E-state index < -0.39 is 21.0 Å². The zero-order chi connectivity index (χ0) is 15.5. The number of sulfone groups is 1. The van der Waals surface area contributed by atoms with Gasteiger partial charge in [0.05, 0.1) is 12.2 Å². The number of hydrogen-bond acceptors (Lipinski definition) is 4. The quantitative estimate of drug-likeness (QED) is 0.869. The van der Waals surface area contributed by atoms with Gasteiger partial charge in [-0.2, -0.15) is 5.10 Å². The monoisotopic (exact) mass is 301 g/mol. The van der Waals surface area contributed by atoms with E-state index in [0.717, 1.165) is 12.7 Å². The summed E-state index contributed by atoms with van der Waals surface area (Å²) in [7, 11) is -3.40. The van der Waals surface area contributed by atoms with Gasteiger partial charge in [-0.3, -0.25) is 4.79 Å². The highest BCUT2D eigenvalue weighted by molar-refractivity contribution is 7.92. The fourth-order valence-corrected chi connectivity index (χ4v) is 2.42. The first-order valence-electron chi connectivity index (χ1n) is 6.66. The van der Waals surface area contributed by atoms with Crippen LogP contribution in [0.2, 0.25) is 0 Å². The van der Waals surface area contributed by atoms with E-state index in [0.29, 0.717) is 11.7 Å². The van der Waals surface area contributed by atoms with E-state index in [1.165, 1.54) is 6.92 Å². The van der Waals surface area contributed by atoms with Crippen molar-refractivity contribution in [3.63, 3.8) is 0 Å². The van der Waals surface area contributed by atoms with E-state index in [-0.39, 0.29) is 6.04 Å². The van der Waals surface area contributed by atoms with Crippen molar-refractivity contribution in [3.05, 3.63) is 12.3 Å². The molecule has 20 heavy (non-hydrogen) atoms. The Bertz CT molecular complexity index is 563. The summed E-state index contributed by atoms with van der Waals surface area (Å²) in [6.07, 6.45) is 3.57.